The van der Waals surface area contributed by atoms with E-state index in [-0.39, 0.29) is 18.8 Å². The van der Waals surface area contributed by atoms with Gasteiger partial charge in [-0.15, -0.1) is 0 Å². The first-order valence-corrected chi connectivity index (χ1v) is 10.2. The van der Waals surface area contributed by atoms with Crippen molar-refractivity contribution < 1.29 is 14.6 Å². The van der Waals surface area contributed by atoms with Crippen LogP contribution < -0.4 is 15.5 Å². The Bertz CT molecular complexity index is 1030. The summed E-state index contributed by atoms with van der Waals surface area (Å²) in [6, 6.07) is 10.2. The van der Waals surface area contributed by atoms with E-state index in [0.29, 0.717) is 5.82 Å². The molecule has 3 aromatic rings. The number of carbonyl (C=O) groups is 1. The molecule has 0 spiro atoms. The number of morpholine rings is 1. The lowest BCUT2D eigenvalue weighted by molar-refractivity contribution is 0.0303. The maximum absolute atomic E-state index is 12.4. The van der Waals surface area contributed by atoms with Crippen molar-refractivity contribution in [3.05, 3.63) is 48.2 Å². The van der Waals surface area contributed by atoms with Gasteiger partial charge in [-0.1, -0.05) is 30.3 Å². The highest BCUT2D eigenvalue weighted by molar-refractivity contribution is 5.94. The van der Waals surface area contributed by atoms with Crippen LogP contribution in [0.15, 0.2) is 42.6 Å². The van der Waals surface area contributed by atoms with E-state index in [9.17, 15) is 9.90 Å². The third-order valence-corrected chi connectivity index (χ3v) is 5.70. The molecule has 4 N–H and O–H groups in total. The van der Waals surface area contributed by atoms with Crippen LogP contribution in [0, 0.1) is 0 Å². The second kappa shape index (κ2) is 7.92. The summed E-state index contributed by atoms with van der Waals surface area (Å²) in [6.45, 7) is 1.47. The number of ether oxygens (including phenoxy) is 1. The second-order valence-corrected chi connectivity index (χ2v) is 7.77. The number of rotatable bonds is 5. The number of pyridine rings is 1. The van der Waals surface area contributed by atoms with Crippen LogP contribution in [0.2, 0.25) is 0 Å². The molecule has 2 aromatic heterocycles. The lowest BCUT2D eigenvalue weighted by Gasteiger charge is -2.32. The van der Waals surface area contributed by atoms with Gasteiger partial charge in [0.25, 0.3) is 0 Å². The number of aliphatic hydroxyl groups is 1. The van der Waals surface area contributed by atoms with Crippen LogP contribution in [0.3, 0.4) is 0 Å². The summed E-state index contributed by atoms with van der Waals surface area (Å²) < 4.78 is 5.91. The second-order valence-electron chi connectivity index (χ2n) is 7.77. The van der Waals surface area contributed by atoms with Gasteiger partial charge in [-0.05, 0) is 18.4 Å². The van der Waals surface area contributed by atoms with Crippen molar-refractivity contribution in [3.8, 4) is 0 Å². The largest absolute Gasteiger partial charge is 0.394 e. The molecule has 2 bridgehead atoms. The van der Waals surface area contributed by atoms with Crippen molar-refractivity contribution in [1.82, 2.24) is 20.5 Å². The van der Waals surface area contributed by atoms with Gasteiger partial charge in [0.2, 0.25) is 0 Å². The van der Waals surface area contributed by atoms with E-state index in [1.807, 2.05) is 30.3 Å². The van der Waals surface area contributed by atoms with Crippen LogP contribution in [0.1, 0.15) is 24.4 Å². The van der Waals surface area contributed by atoms with E-state index in [4.69, 9.17) is 4.74 Å². The molecule has 9 nitrogen and oxygen atoms in total. The Kier molecular flexibility index (Phi) is 4.97. The van der Waals surface area contributed by atoms with Gasteiger partial charge in [-0.3, -0.25) is 10.4 Å². The van der Waals surface area contributed by atoms with Gasteiger partial charge >= 0.3 is 6.03 Å². The molecule has 0 aliphatic carbocycles. The Morgan fingerprint density at radius 2 is 2.03 bits per heavy atom. The van der Waals surface area contributed by atoms with Crippen molar-refractivity contribution in [1.29, 1.82) is 0 Å². The van der Waals surface area contributed by atoms with Crippen LogP contribution >= 0.6 is 0 Å². The summed E-state index contributed by atoms with van der Waals surface area (Å²) >= 11 is 0. The normalized spacial score (nSPS) is 21.6. The van der Waals surface area contributed by atoms with Crippen molar-refractivity contribution >= 4 is 28.6 Å². The van der Waals surface area contributed by atoms with E-state index in [2.05, 4.69) is 30.7 Å². The van der Waals surface area contributed by atoms with Gasteiger partial charge in [0.15, 0.2) is 5.82 Å². The average molecular weight is 408 g/mol. The first kappa shape index (κ1) is 18.8. The van der Waals surface area contributed by atoms with Crippen LogP contribution in [0.25, 0.3) is 10.9 Å². The Balaban J connectivity index is 1.28. The molecule has 2 fully saturated rings. The lowest BCUT2D eigenvalue weighted by Crippen LogP contribution is -2.42. The summed E-state index contributed by atoms with van der Waals surface area (Å²) in [5.74, 6) is 1.28. The molecule has 1 aromatic carbocycles. The Morgan fingerprint density at radius 1 is 1.27 bits per heavy atom. The molecule has 156 valence electrons. The number of aliphatic hydroxyl groups excluding tert-OH is 1. The number of hydrogen-bond acceptors (Lipinski definition) is 6. The monoisotopic (exact) mass is 408 g/mol. The fourth-order valence-corrected chi connectivity index (χ4v) is 4.23. The molecule has 2 amide bonds. The number of fused-ring (bicyclic) bond motifs is 3. The van der Waals surface area contributed by atoms with E-state index in [1.54, 1.807) is 12.3 Å². The summed E-state index contributed by atoms with van der Waals surface area (Å²) in [5, 5.41) is 23.6. The lowest BCUT2D eigenvalue weighted by atomic mass is 10.1. The number of H-pyrrole nitrogens is 1. The van der Waals surface area contributed by atoms with Crippen molar-refractivity contribution in [2.75, 3.05) is 29.9 Å². The van der Waals surface area contributed by atoms with Gasteiger partial charge < -0.3 is 20.1 Å². The molecule has 0 saturated carbocycles. The number of benzene rings is 1. The zero-order chi connectivity index (χ0) is 20.5. The SMILES string of the molecule is O=C(Nc1cc2[nH]nc(N3CC4CCC(C3)O4)c2cn1)N[C@H](CO)c1ccccc1. The third-order valence-electron chi connectivity index (χ3n) is 5.70. The Morgan fingerprint density at radius 3 is 2.77 bits per heavy atom. The molecule has 2 aliphatic rings. The number of carbonyl (C=O) groups excluding carboxylic acids is 1. The molecule has 2 unspecified atom stereocenters. The smallest absolute Gasteiger partial charge is 0.320 e. The van der Waals surface area contributed by atoms with E-state index in [1.165, 1.54) is 0 Å². The number of amides is 2. The fourth-order valence-electron chi connectivity index (χ4n) is 4.23. The highest BCUT2D eigenvalue weighted by Gasteiger charge is 2.35. The molecule has 2 saturated heterocycles. The highest BCUT2D eigenvalue weighted by atomic mass is 16.5. The molecule has 9 heteroatoms. The van der Waals surface area contributed by atoms with Crippen molar-refractivity contribution in [2.24, 2.45) is 0 Å². The van der Waals surface area contributed by atoms with E-state index in [0.717, 1.165) is 48.2 Å². The molecule has 30 heavy (non-hydrogen) atoms. The fraction of sp³-hybridized carbons (Fsp3) is 0.381. The molecular formula is C21H24N6O3. The topological polar surface area (TPSA) is 115 Å². The first-order chi connectivity index (χ1) is 14.7. The minimum atomic E-state index is -0.495. The number of nitrogens with one attached hydrogen (secondary N) is 3. The zero-order valence-electron chi connectivity index (χ0n) is 16.4. The van der Waals surface area contributed by atoms with Gasteiger partial charge in [-0.25, -0.2) is 9.78 Å². The van der Waals surface area contributed by atoms with Crippen LogP contribution in [0.5, 0.6) is 0 Å². The molecule has 2 aliphatic heterocycles. The molecular weight excluding hydrogens is 384 g/mol. The maximum Gasteiger partial charge on any atom is 0.320 e. The molecule has 5 rings (SSSR count). The van der Waals surface area contributed by atoms with Crippen LogP contribution in [-0.2, 0) is 4.74 Å². The summed E-state index contributed by atoms with van der Waals surface area (Å²) in [4.78, 5) is 19.0. The highest BCUT2D eigenvalue weighted by Crippen LogP contribution is 2.32. The standard InChI is InChI=1S/C21H24N6O3/c28-12-18(13-4-2-1-3-5-13)23-21(29)24-19-8-17-16(9-22-19)20(26-25-17)27-10-14-6-7-15(11-27)30-14/h1-5,8-9,14-15,18,28H,6-7,10-12H2,(H,25,26)(H2,22,23,24,29)/t14?,15?,18-/m1/s1. The van der Waals surface area contributed by atoms with Crippen molar-refractivity contribution in [3.63, 3.8) is 0 Å². The van der Waals surface area contributed by atoms with Gasteiger partial charge in [0.05, 0.1) is 35.8 Å². The third kappa shape index (κ3) is 3.69. The number of aromatic amines is 1. The molecule has 0 radical (unpaired) electrons. The number of anilines is 2. The first-order valence-electron chi connectivity index (χ1n) is 10.2. The van der Waals surface area contributed by atoms with Gasteiger partial charge in [-0.2, -0.15) is 5.10 Å². The summed E-state index contributed by atoms with van der Waals surface area (Å²) in [6.07, 6.45) is 4.47. The quantitative estimate of drug-likeness (QED) is 0.514. The average Bonchev–Trinajstić information content (AvgIpc) is 3.34. The number of aromatic nitrogens is 3. The van der Waals surface area contributed by atoms with Gasteiger partial charge in [0.1, 0.15) is 5.82 Å². The van der Waals surface area contributed by atoms with Crippen LogP contribution in [-0.4, -0.2) is 58.2 Å². The number of hydrogen-bond donors (Lipinski definition) is 4. The van der Waals surface area contributed by atoms with E-state index >= 15 is 0 Å². The predicted molar refractivity (Wildman–Crippen MR) is 112 cm³/mol. The molecule has 3 atom stereocenters. The minimum absolute atomic E-state index is 0.199. The Hall–Kier alpha value is -3.17. The molecule has 4 heterocycles. The zero-order valence-corrected chi connectivity index (χ0v) is 16.4. The number of nitrogens with zero attached hydrogens (tertiary/aromatic N) is 3. The van der Waals surface area contributed by atoms with Crippen LogP contribution in [0.4, 0.5) is 16.4 Å². The summed E-state index contributed by atoms with van der Waals surface area (Å²) in [7, 11) is 0. The van der Waals surface area contributed by atoms with E-state index < -0.39 is 12.1 Å². The predicted octanol–water partition coefficient (Wildman–Crippen LogP) is 2.18. The Labute approximate surface area is 173 Å². The van der Waals surface area contributed by atoms with Gasteiger partial charge in [0, 0.05) is 25.4 Å². The summed E-state index contributed by atoms with van der Waals surface area (Å²) in [5.41, 5.74) is 1.63. The van der Waals surface area contributed by atoms with Crippen molar-refractivity contribution in [2.45, 2.75) is 31.1 Å². The maximum atomic E-state index is 12.4. The minimum Gasteiger partial charge on any atom is -0.394 e. The number of urea groups is 1.